The molecule has 0 unspecified atom stereocenters. The van der Waals surface area contributed by atoms with Crippen LogP contribution in [0.4, 0.5) is 11.4 Å². The van der Waals surface area contributed by atoms with Crippen LogP contribution in [0.5, 0.6) is 0 Å². The van der Waals surface area contributed by atoms with Gasteiger partial charge in [-0.15, -0.1) is 0 Å². The molecule has 5 aromatic carbocycles. The molecule has 0 N–H and O–H groups in total. The third kappa shape index (κ3) is 3.67. The molecule has 0 radical (unpaired) electrons. The third-order valence-electron chi connectivity index (χ3n) is 8.27. The van der Waals surface area contributed by atoms with E-state index in [1.807, 2.05) is 0 Å². The topological polar surface area (TPSA) is 52.1 Å². The maximum Gasteiger partial charge on any atom is 0.225 e. The molecule has 8 rings (SSSR count). The quantitative estimate of drug-likeness (QED) is 0.212. The largest absolute Gasteiger partial charge is 0.445 e. The highest BCUT2D eigenvalue weighted by molar-refractivity contribution is 6.14. The Morgan fingerprint density at radius 3 is 1.68 bits per heavy atom. The molecule has 0 saturated heterocycles. The van der Waals surface area contributed by atoms with Gasteiger partial charge in [-0.2, -0.15) is 0 Å². The SMILES string of the molecule is C[N+]1(C)c2cc(-c3ccc(-c4ncco4)cc3)ccc2-c2c1cc(-c1ccc(-c3ncco3)cc1)c1ccccc21. The number of hydrogen-bond acceptors (Lipinski definition) is 4. The molecular weight excluding hydrogens is 506 g/mol. The minimum Gasteiger partial charge on any atom is -0.445 e. The van der Waals surface area contributed by atoms with E-state index in [2.05, 4.69) is 121 Å². The molecule has 0 atom stereocenters. The zero-order chi connectivity index (χ0) is 27.6. The molecule has 7 aromatic rings. The molecule has 0 fully saturated rings. The van der Waals surface area contributed by atoms with Crippen LogP contribution in [0.3, 0.4) is 0 Å². The predicted octanol–water partition coefficient (Wildman–Crippen LogP) is 9.36. The molecule has 1 aliphatic heterocycles. The van der Waals surface area contributed by atoms with Crippen molar-refractivity contribution in [3.8, 4) is 56.3 Å². The Morgan fingerprint density at radius 1 is 0.512 bits per heavy atom. The highest BCUT2D eigenvalue weighted by Gasteiger charge is 2.39. The lowest BCUT2D eigenvalue weighted by Crippen LogP contribution is -2.32. The summed E-state index contributed by atoms with van der Waals surface area (Å²) >= 11 is 0. The number of hydrogen-bond donors (Lipinski definition) is 0. The molecular formula is C36H26N3O2+. The molecule has 0 spiro atoms. The highest BCUT2D eigenvalue weighted by atomic mass is 16.3. The number of fused-ring (bicyclic) bond motifs is 5. The van der Waals surface area contributed by atoms with Gasteiger partial charge < -0.3 is 8.83 Å². The lowest BCUT2D eigenvalue weighted by molar-refractivity contribution is 0.569. The van der Waals surface area contributed by atoms with E-state index in [0.29, 0.717) is 16.3 Å². The maximum absolute atomic E-state index is 5.50. The number of aromatic nitrogens is 2. The molecule has 41 heavy (non-hydrogen) atoms. The number of quaternary nitrogens is 1. The highest BCUT2D eigenvalue weighted by Crippen LogP contribution is 2.56. The summed E-state index contributed by atoms with van der Waals surface area (Å²) in [5, 5.41) is 2.51. The van der Waals surface area contributed by atoms with Gasteiger partial charge in [-0.3, -0.25) is 4.48 Å². The van der Waals surface area contributed by atoms with Crippen molar-refractivity contribution in [2.45, 2.75) is 0 Å². The van der Waals surface area contributed by atoms with Crippen LogP contribution in [0.25, 0.3) is 67.1 Å². The monoisotopic (exact) mass is 532 g/mol. The van der Waals surface area contributed by atoms with Crippen molar-refractivity contribution in [1.82, 2.24) is 14.5 Å². The third-order valence-corrected chi connectivity index (χ3v) is 8.27. The molecule has 0 bridgehead atoms. The molecule has 1 aliphatic rings. The Hall–Kier alpha value is -5.26. The first kappa shape index (κ1) is 23.6. The normalized spacial score (nSPS) is 13.3. The Kier molecular flexibility index (Phi) is 5.11. The second-order valence-corrected chi connectivity index (χ2v) is 10.9. The van der Waals surface area contributed by atoms with E-state index in [1.54, 1.807) is 24.9 Å². The van der Waals surface area contributed by atoms with Crippen molar-refractivity contribution < 1.29 is 8.83 Å². The van der Waals surface area contributed by atoms with Crippen molar-refractivity contribution in [1.29, 1.82) is 0 Å². The fourth-order valence-electron chi connectivity index (χ4n) is 6.17. The zero-order valence-corrected chi connectivity index (χ0v) is 22.7. The van der Waals surface area contributed by atoms with Gasteiger partial charge in [0.1, 0.15) is 23.9 Å². The van der Waals surface area contributed by atoms with E-state index in [0.717, 1.165) is 16.7 Å². The Balaban J connectivity index is 1.24. The first-order valence-corrected chi connectivity index (χ1v) is 13.6. The molecule has 2 aromatic heterocycles. The first-order valence-electron chi connectivity index (χ1n) is 13.6. The lowest BCUT2D eigenvalue weighted by atomic mass is 9.91. The van der Waals surface area contributed by atoms with Gasteiger partial charge in [0.15, 0.2) is 0 Å². The van der Waals surface area contributed by atoms with Gasteiger partial charge in [0.05, 0.1) is 32.1 Å². The summed E-state index contributed by atoms with van der Waals surface area (Å²) in [6.07, 6.45) is 6.55. The Morgan fingerprint density at radius 2 is 1.07 bits per heavy atom. The minimum absolute atomic E-state index is 0.631. The van der Waals surface area contributed by atoms with Gasteiger partial charge in [-0.25, -0.2) is 9.97 Å². The number of nitrogens with zero attached hydrogens (tertiary/aromatic N) is 3. The number of oxazole rings is 2. The van der Waals surface area contributed by atoms with Crippen LogP contribution in [-0.4, -0.2) is 24.1 Å². The summed E-state index contributed by atoms with van der Waals surface area (Å²) in [6.45, 7) is 0. The van der Waals surface area contributed by atoms with Crippen LogP contribution in [0.2, 0.25) is 0 Å². The summed E-state index contributed by atoms with van der Waals surface area (Å²) in [5.41, 5.74) is 11.9. The number of rotatable bonds is 4. The Labute approximate surface area is 237 Å². The summed E-state index contributed by atoms with van der Waals surface area (Å²) in [5.74, 6) is 1.26. The maximum atomic E-state index is 5.50. The van der Waals surface area contributed by atoms with Gasteiger partial charge in [0.2, 0.25) is 11.8 Å². The smallest absolute Gasteiger partial charge is 0.225 e. The second-order valence-electron chi connectivity index (χ2n) is 10.9. The van der Waals surface area contributed by atoms with E-state index < -0.39 is 0 Å². The molecule has 3 heterocycles. The minimum atomic E-state index is 0.631. The predicted molar refractivity (Wildman–Crippen MR) is 165 cm³/mol. The van der Waals surface area contributed by atoms with Gasteiger partial charge in [-0.1, -0.05) is 54.6 Å². The molecule has 5 nitrogen and oxygen atoms in total. The van der Waals surface area contributed by atoms with Crippen molar-refractivity contribution in [2.75, 3.05) is 14.1 Å². The van der Waals surface area contributed by atoms with E-state index in [9.17, 15) is 0 Å². The summed E-state index contributed by atoms with van der Waals surface area (Å²) in [7, 11) is 4.56. The van der Waals surface area contributed by atoms with E-state index >= 15 is 0 Å². The molecule has 196 valence electrons. The van der Waals surface area contributed by atoms with Crippen LogP contribution in [0.15, 0.2) is 131 Å². The molecule has 0 amide bonds. The Bertz CT molecular complexity index is 2040. The van der Waals surface area contributed by atoms with Crippen molar-refractivity contribution in [3.05, 3.63) is 122 Å². The zero-order valence-electron chi connectivity index (χ0n) is 22.7. The van der Waals surface area contributed by atoms with Crippen LogP contribution in [-0.2, 0) is 0 Å². The molecule has 0 saturated carbocycles. The van der Waals surface area contributed by atoms with Gasteiger partial charge in [-0.05, 0) is 63.4 Å². The summed E-state index contributed by atoms with van der Waals surface area (Å²) in [4.78, 5) is 8.57. The fourth-order valence-corrected chi connectivity index (χ4v) is 6.17. The number of benzene rings is 5. The van der Waals surface area contributed by atoms with Gasteiger partial charge in [0, 0.05) is 28.8 Å². The standard InChI is InChI=1S/C36H26N3O2/c1-39(2)32-21-27(23-7-11-25(12-8-23)35-37-17-19-40-35)15-16-30(32)34-29-6-4-3-5-28(29)31(22-33(34)39)24-9-13-26(14-10-24)36-38-18-20-41-36/h3-22H,1-2H3/q+1. The van der Waals surface area contributed by atoms with Crippen LogP contribution in [0.1, 0.15) is 0 Å². The fraction of sp³-hybridized carbons (Fsp3) is 0.0556. The van der Waals surface area contributed by atoms with Crippen molar-refractivity contribution in [3.63, 3.8) is 0 Å². The molecule has 5 heteroatoms. The average molecular weight is 533 g/mol. The van der Waals surface area contributed by atoms with Crippen molar-refractivity contribution >= 4 is 22.1 Å². The summed E-state index contributed by atoms with van der Waals surface area (Å²) < 4.78 is 11.6. The van der Waals surface area contributed by atoms with Gasteiger partial charge in [0.25, 0.3) is 0 Å². The molecule has 0 aliphatic carbocycles. The van der Waals surface area contributed by atoms with E-state index in [-0.39, 0.29) is 0 Å². The second kappa shape index (κ2) is 8.88. The van der Waals surface area contributed by atoms with Crippen molar-refractivity contribution in [2.24, 2.45) is 0 Å². The van der Waals surface area contributed by atoms with Gasteiger partial charge >= 0.3 is 0 Å². The van der Waals surface area contributed by atoms with Crippen LogP contribution < -0.4 is 4.48 Å². The van der Waals surface area contributed by atoms with Crippen LogP contribution >= 0.6 is 0 Å². The first-order chi connectivity index (χ1) is 20.1. The van der Waals surface area contributed by atoms with Crippen LogP contribution in [0, 0.1) is 0 Å². The lowest BCUT2D eigenvalue weighted by Gasteiger charge is -2.26. The van der Waals surface area contributed by atoms with E-state index in [1.165, 1.54) is 50.0 Å². The summed E-state index contributed by atoms with van der Waals surface area (Å²) in [6, 6.07) is 34.9. The van der Waals surface area contributed by atoms with E-state index in [4.69, 9.17) is 8.83 Å². The average Bonchev–Trinajstić information content (AvgIpc) is 3.79.